The third-order valence-corrected chi connectivity index (χ3v) is 4.38. The molecule has 0 amide bonds. The monoisotopic (exact) mass is 336 g/mol. The van der Waals surface area contributed by atoms with Gasteiger partial charge < -0.3 is 10.2 Å². The van der Waals surface area contributed by atoms with Crippen molar-refractivity contribution >= 4 is 40.7 Å². The van der Waals surface area contributed by atoms with E-state index >= 15 is 0 Å². The van der Waals surface area contributed by atoms with E-state index in [0.717, 1.165) is 19.0 Å². The van der Waals surface area contributed by atoms with Gasteiger partial charge in [-0.3, -0.25) is 0 Å². The topological polar surface area (TPSA) is 41.1 Å². The molecule has 22 heavy (non-hydrogen) atoms. The van der Waals surface area contributed by atoms with Crippen molar-refractivity contribution in [3.05, 3.63) is 40.5 Å². The van der Waals surface area contributed by atoms with Crippen LogP contribution in [0.3, 0.4) is 0 Å². The van der Waals surface area contributed by atoms with Crippen molar-refractivity contribution < 1.29 is 0 Å². The predicted molar refractivity (Wildman–Crippen MR) is 92.5 cm³/mol. The van der Waals surface area contributed by atoms with Crippen molar-refractivity contribution in [3.8, 4) is 0 Å². The Bertz CT molecular complexity index is 620. The van der Waals surface area contributed by atoms with Gasteiger partial charge in [0, 0.05) is 19.3 Å². The van der Waals surface area contributed by atoms with E-state index < -0.39 is 0 Å². The van der Waals surface area contributed by atoms with E-state index in [9.17, 15) is 0 Å². The first-order valence-corrected chi connectivity index (χ1v) is 8.29. The van der Waals surface area contributed by atoms with E-state index in [0.29, 0.717) is 21.6 Å². The number of para-hydroxylation sites is 1. The van der Waals surface area contributed by atoms with Gasteiger partial charge in [-0.25, -0.2) is 4.98 Å². The Morgan fingerprint density at radius 3 is 2.32 bits per heavy atom. The number of benzene rings is 1. The van der Waals surface area contributed by atoms with Crippen LogP contribution in [0.15, 0.2) is 30.5 Å². The molecule has 1 aliphatic heterocycles. The molecule has 1 aromatic heterocycles. The van der Waals surface area contributed by atoms with E-state index in [-0.39, 0.29) is 0 Å². The van der Waals surface area contributed by atoms with Gasteiger partial charge in [0.1, 0.15) is 5.82 Å². The maximum atomic E-state index is 6.19. The van der Waals surface area contributed by atoms with E-state index in [4.69, 9.17) is 23.2 Å². The fourth-order valence-corrected chi connectivity index (χ4v) is 3.08. The molecule has 116 valence electrons. The normalized spacial score (nSPS) is 15.5. The van der Waals surface area contributed by atoms with Gasteiger partial charge >= 0.3 is 0 Å². The van der Waals surface area contributed by atoms with Crippen LogP contribution >= 0.6 is 23.2 Å². The fraction of sp³-hybridized carbons (Fsp3) is 0.375. The van der Waals surface area contributed by atoms with Gasteiger partial charge in [-0.1, -0.05) is 42.1 Å². The van der Waals surface area contributed by atoms with Crippen LogP contribution in [-0.4, -0.2) is 23.1 Å². The Balaban J connectivity index is 1.82. The van der Waals surface area contributed by atoms with Crippen LogP contribution in [0.1, 0.15) is 25.7 Å². The summed E-state index contributed by atoms with van der Waals surface area (Å²) in [4.78, 5) is 11.2. The Labute approximate surface area is 140 Å². The summed E-state index contributed by atoms with van der Waals surface area (Å²) in [5.74, 6) is 1.46. The molecule has 2 aromatic rings. The SMILES string of the molecule is Clc1cccc(Cl)c1Nc1ccnc(N2CCCCCC2)n1. The maximum absolute atomic E-state index is 6.19. The highest BCUT2D eigenvalue weighted by Gasteiger charge is 2.13. The Hall–Kier alpha value is -1.52. The van der Waals surface area contributed by atoms with Crippen molar-refractivity contribution in [3.63, 3.8) is 0 Å². The van der Waals surface area contributed by atoms with Crippen molar-refractivity contribution in [2.75, 3.05) is 23.3 Å². The number of halogens is 2. The second-order valence-electron chi connectivity index (χ2n) is 5.36. The number of aromatic nitrogens is 2. The maximum Gasteiger partial charge on any atom is 0.227 e. The lowest BCUT2D eigenvalue weighted by atomic mass is 10.2. The number of hydrogen-bond acceptors (Lipinski definition) is 4. The molecule has 1 aliphatic rings. The minimum absolute atomic E-state index is 0.572. The Morgan fingerprint density at radius 1 is 0.955 bits per heavy atom. The second kappa shape index (κ2) is 7.16. The van der Waals surface area contributed by atoms with E-state index in [1.165, 1.54) is 25.7 Å². The van der Waals surface area contributed by atoms with Gasteiger partial charge in [-0.15, -0.1) is 0 Å². The molecule has 4 nitrogen and oxygen atoms in total. The molecule has 0 aliphatic carbocycles. The van der Waals surface area contributed by atoms with Crippen LogP contribution in [-0.2, 0) is 0 Å². The lowest BCUT2D eigenvalue weighted by molar-refractivity contribution is 0.726. The molecule has 3 rings (SSSR count). The molecule has 6 heteroatoms. The lowest BCUT2D eigenvalue weighted by Gasteiger charge is -2.20. The zero-order valence-corrected chi connectivity index (χ0v) is 13.7. The third kappa shape index (κ3) is 3.62. The first-order valence-electron chi connectivity index (χ1n) is 7.53. The highest BCUT2D eigenvalue weighted by molar-refractivity contribution is 6.39. The van der Waals surface area contributed by atoms with E-state index in [1.807, 2.05) is 12.1 Å². The summed E-state index contributed by atoms with van der Waals surface area (Å²) in [5.41, 5.74) is 0.673. The van der Waals surface area contributed by atoms with Crippen molar-refractivity contribution in [1.29, 1.82) is 0 Å². The summed E-state index contributed by atoms with van der Waals surface area (Å²) < 4.78 is 0. The Morgan fingerprint density at radius 2 is 1.64 bits per heavy atom. The summed E-state index contributed by atoms with van der Waals surface area (Å²) in [6, 6.07) is 7.23. The van der Waals surface area contributed by atoms with Crippen LogP contribution in [0.25, 0.3) is 0 Å². The van der Waals surface area contributed by atoms with Crippen molar-refractivity contribution in [2.24, 2.45) is 0 Å². The summed E-state index contributed by atoms with van der Waals surface area (Å²) >= 11 is 12.4. The number of nitrogens with one attached hydrogen (secondary N) is 1. The molecule has 0 atom stereocenters. The predicted octanol–water partition coefficient (Wildman–Crippen LogP) is 4.91. The lowest BCUT2D eigenvalue weighted by Crippen LogP contribution is -2.26. The molecule has 0 saturated carbocycles. The van der Waals surface area contributed by atoms with E-state index in [2.05, 4.69) is 20.2 Å². The first-order chi connectivity index (χ1) is 10.7. The van der Waals surface area contributed by atoms with Gasteiger partial charge in [-0.2, -0.15) is 4.98 Å². The smallest absolute Gasteiger partial charge is 0.227 e. The van der Waals surface area contributed by atoms with Gasteiger partial charge in [-0.05, 0) is 31.0 Å². The quantitative estimate of drug-likeness (QED) is 0.864. The molecule has 1 fully saturated rings. The van der Waals surface area contributed by atoms with Gasteiger partial charge in [0.05, 0.1) is 15.7 Å². The average Bonchev–Trinajstić information content (AvgIpc) is 2.81. The molecule has 0 bridgehead atoms. The second-order valence-corrected chi connectivity index (χ2v) is 6.18. The Kier molecular flexibility index (Phi) is 5.01. The highest BCUT2D eigenvalue weighted by atomic mass is 35.5. The minimum atomic E-state index is 0.572. The van der Waals surface area contributed by atoms with Gasteiger partial charge in [0.15, 0.2) is 0 Å². The summed E-state index contributed by atoms with van der Waals surface area (Å²) in [6.07, 6.45) is 6.71. The van der Waals surface area contributed by atoms with Gasteiger partial charge in [0.2, 0.25) is 5.95 Å². The number of anilines is 3. The molecule has 1 saturated heterocycles. The van der Waals surface area contributed by atoms with Crippen molar-refractivity contribution in [1.82, 2.24) is 9.97 Å². The summed E-state index contributed by atoms with van der Waals surface area (Å²) in [5, 5.41) is 4.34. The number of hydrogen-bond donors (Lipinski definition) is 1. The fourth-order valence-electron chi connectivity index (χ4n) is 2.59. The standard InChI is InChI=1S/C16H18Cl2N4/c17-12-6-5-7-13(18)15(12)20-14-8-9-19-16(21-14)22-10-3-1-2-4-11-22/h5-9H,1-4,10-11H2,(H,19,20,21). The molecule has 2 heterocycles. The molecule has 0 unspecified atom stereocenters. The first kappa shape index (κ1) is 15.4. The minimum Gasteiger partial charge on any atom is -0.341 e. The summed E-state index contributed by atoms with van der Waals surface area (Å²) in [6.45, 7) is 2.02. The van der Waals surface area contributed by atoms with Crippen LogP contribution < -0.4 is 10.2 Å². The number of nitrogens with zero attached hydrogens (tertiary/aromatic N) is 3. The highest BCUT2D eigenvalue weighted by Crippen LogP contribution is 2.32. The summed E-state index contributed by atoms with van der Waals surface area (Å²) in [7, 11) is 0. The van der Waals surface area contributed by atoms with Crippen LogP contribution in [0.2, 0.25) is 10.0 Å². The van der Waals surface area contributed by atoms with E-state index in [1.54, 1.807) is 18.3 Å². The average molecular weight is 337 g/mol. The van der Waals surface area contributed by atoms with Gasteiger partial charge in [0.25, 0.3) is 0 Å². The molecule has 1 N–H and O–H groups in total. The van der Waals surface area contributed by atoms with Crippen LogP contribution in [0.5, 0.6) is 0 Å². The van der Waals surface area contributed by atoms with Crippen LogP contribution in [0.4, 0.5) is 17.5 Å². The third-order valence-electron chi connectivity index (χ3n) is 3.75. The largest absolute Gasteiger partial charge is 0.341 e. The molecule has 0 spiro atoms. The zero-order chi connectivity index (χ0) is 15.4. The molecule has 1 aromatic carbocycles. The number of rotatable bonds is 3. The molecule has 0 radical (unpaired) electrons. The van der Waals surface area contributed by atoms with Crippen LogP contribution in [0, 0.1) is 0 Å². The molecular weight excluding hydrogens is 319 g/mol. The molecular formula is C16H18Cl2N4. The zero-order valence-electron chi connectivity index (χ0n) is 12.2. The van der Waals surface area contributed by atoms with Crippen molar-refractivity contribution in [2.45, 2.75) is 25.7 Å².